The van der Waals surface area contributed by atoms with Gasteiger partial charge in [0, 0.05) is 29.8 Å². The average molecular weight is 341 g/mol. The molecule has 0 radical (unpaired) electrons. The second-order valence-electron chi connectivity index (χ2n) is 6.10. The van der Waals surface area contributed by atoms with Crippen molar-refractivity contribution in [2.45, 2.75) is 6.42 Å². The zero-order valence-electron chi connectivity index (χ0n) is 13.8. The molecule has 0 aliphatic rings. The molecule has 0 saturated carbocycles. The van der Waals surface area contributed by atoms with Crippen LogP contribution in [-0.2, 0) is 6.42 Å². The first-order valence-electron chi connectivity index (χ1n) is 8.35. The first-order chi connectivity index (χ1) is 12.9. The lowest BCUT2D eigenvalue weighted by atomic mass is 10.1. The van der Waals surface area contributed by atoms with Crippen molar-refractivity contribution in [1.82, 2.24) is 20.3 Å². The zero-order chi connectivity index (χ0) is 17.3. The normalized spacial score (nSPS) is 11.2. The van der Waals surface area contributed by atoms with E-state index in [9.17, 15) is 0 Å². The van der Waals surface area contributed by atoms with Gasteiger partial charge in [-0.2, -0.15) is 5.10 Å². The highest BCUT2D eigenvalue weighted by Gasteiger charge is 2.11. The predicted octanol–water partition coefficient (Wildman–Crippen LogP) is 4.43. The summed E-state index contributed by atoms with van der Waals surface area (Å²) >= 11 is 0. The van der Waals surface area contributed by atoms with Gasteiger partial charge in [-0.3, -0.25) is 10.1 Å². The van der Waals surface area contributed by atoms with Crippen molar-refractivity contribution in [3.63, 3.8) is 0 Å². The minimum Gasteiger partial charge on any atom is -0.356 e. The molecule has 26 heavy (non-hydrogen) atoms. The Morgan fingerprint density at radius 2 is 1.92 bits per heavy atom. The summed E-state index contributed by atoms with van der Waals surface area (Å²) in [5, 5.41) is 15.8. The molecule has 0 aliphatic carbocycles. The molecular formula is C20H15N5O. The first kappa shape index (κ1) is 14.7. The highest BCUT2D eigenvalue weighted by atomic mass is 16.5. The van der Waals surface area contributed by atoms with Crippen LogP contribution in [0.4, 0.5) is 11.5 Å². The van der Waals surface area contributed by atoms with Crippen LogP contribution in [0, 0.1) is 0 Å². The lowest BCUT2D eigenvalue weighted by Gasteiger charge is -2.03. The van der Waals surface area contributed by atoms with Crippen molar-refractivity contribution in [1.29, 1.82) is 0 Å². The summed E-state index contributed by atoms with van der Waals surface area (Å²) < 4.78 is 5.53. The van der Waals surface area contributed by atoms with E-state index in [1.165, 1.54) is 5.56 Å². The number of hydrogen-bond donors (Lipinski definition) is 2. The minimum atomic E-state index is 0.684. The number of nitrogens with one attached hydrogen (secondary N) is 2. The fraction of sp³-hybridized carbons (Fsp3) is 0.0500. The van der Waals surface area contributed by atoms with Gasteiger partial charge >= 0.3 is 0 Å². The molecule has 0 amide bonds. The molecule has 6 nitrogen and oxygen atoms in total. The van der Waals surface area contributed by atoms with Crippen molar-refractivity contribution in [2.75, 3.05) is 5.32 Å². The van der Waals surface area contributed by atoms with E-state index >= 15 is 0 Å². The Kier molecular flexibility index (Phi) is 3.38. The second-order valence-corrected chi connectivity index (χ2v) is 6.10. The van der Waals surface area contributed by atoms with Crippen molar-refractivity contribution >= 4 is 33.5 Å². The summed E-state index contributed by atoms with van der Waals surface area (Å²) in [4.78, 5) is 4.36. The van der Waals surface area contributed by atoms with Crippen LogP contribution in [0.15, 0.2) is 71.4 Å². The Balaban J connectivity index is 1.45. The largest absolute Gasteiger partial charge is 0.356 e. The van der Waals surface area contributed by atoms with Crippen molar-refractivity contribution in [2.24, 2.45) is 0 Å². The number of hydrogen-bond acceptors (Lipinski definition) is 5. The third kappa shape index (κ3) is 2.57. The van der Waals surface area contributed by atoms with E-state index in [1.807, 2.05) is 48.5 Å². The van der Waals surface area contributed by atoms with Gasteiger partial charge in [-0.15, -0.1) is 0 Å². The SMILES string of the molecule is c1ccc(Cc2noc3cc(Nc4n[nH]c5cccnc45)ccc23)cc1. The summed E-state index contributed by atoms with van der Waals surface area (Å²) in [6.07, 6.45) is 2.49. The van der Waals surface area contributed by atoms with Crippen LogP contribution < -0.4 is 5.32 Å². The Labute approximate surface area is 148 Å². The van der Waals surface area contributed by atoms with Crippen LogP contribution in [0.2, 0.25) is 0 Å². The molecule has 0 unspecified atom stereocenters. The van der Waals surface area contributed by atoms with Gasteiger partial charge in [-0.25, -0.2) is 0 Å². The molecule has 2 aromatic carbocycles. The standard InChI is InChI=1S/C20H15N5O/c1-2-5-13(6-3-1)11-17-15-9-8-14(12-18(15)26-25-17)22-20-19-16(23-24-20)7-4-10-21-19/h1-10,12H,11H2,(H2,22,23,24). The second kappa shape index (κ2) is 6.00. The molecule has 0 atom stereocenters. The van der Waals surface area contributed by atoms with Crippen LogP contribution in [-0.4, -0.2) is 20.3 Å². The van der Waals surface area contributed by atoms with Crippen LogP contribution in [0.5, 0.6) is 0 Å². The Bertz CT molecular complexity index is 1190. The summed E-state index contributed by atoms with van der Waals surface area (Å²) in [6, 6.07) is 20.0. The van der Waals surface area contributed by atoms with Gasteiger partial charge in [0.25, 0.3) is 0 Å². The van der Waals surface area contributed by atoms with Crippen LogP contribution in [0.1, 0.15) is 11.3 Å². The van der Waals surface area contributed by atoms with Gasteiger partial charge in [0.1, 0.15) is 5.52 Å². The van der Waals surface area contributed by atoms with E-state index in [-0.39, 0.29) is 0 Å². The van der Waals surface area contributed by atoms with E-state index in [0.29, 0.717) is 5.82 Å². The average Bonchev–Trinajstić information content (AvgIpc) is 3.27. The van der Waals surface area contributed by atoms with Gasteiger partial charge in [0.05, 0.1) is 11.2 Å². The quantitative estimate of drug-likeness (QED) is 0.505. The number of fused-ring (bicyclic) bond motifs is 2. The van der Waals surface area contributed by atoms with Gasteiger partial charge in [-0.05, 0) is 29.8 Å². The molecule has 126 valence electrons. The molecular weight excluding hydrogens is 326 g/mol. The van der Waals surface area contributed by atoms with Gasteiger partial charge in [0.15, 0.2) is 11.4 Å². The number of H-pyrrole nitrogens is 1. The van der Waals surface area contributed by atoms with Gasteiger partial charge < -0.3 is 9.84 Å². The van der Waals surface area contributed by atoms with Crippen molar-refractivity contribution < 1.29 is 4.52 Å². The predicted molar refractivity (Wildman–Crippen MR) is 100 cm³/mol. The third-order valence-corrected chi connectivity index (χ3v) is 4.34. The molecule has 2 N–H and O–H groups in total. The van der Waals surface area contributed by atoms with Gasteiger partial charge in [0.2, 0.25) is 0 Å². The number of nitrogens with zero attached hydrogens (tertiary/aromatic N) is 3. The number of pyridine rings is 1. The molecule has 3 aromatic heterocycles. The molecule has 6 heteroatoms. The minimum absolute atomic E-state index is 0.684. The van der Waals surface area contributed by atoms with Crippen molar-refractivity contribution in [3.8, 4) is 0 Å². The Morgan fingerprint density at radius 3 is 2.85 bits per heavy atom. The Hall–Kier alpha value is -3.67. The number of anilines is 2. The Morgan fingerprint density at radius 1 is 1.00 bits per heavy atom. The highest BCUT2D eigenvalue weighted by Crippen LogP contribution is 2.27. The van der Waals surface area contributed by atoms with E-state index in [1.54, 1.807) is 6.20 Å². The number of aromatic nitrogens is 4. The zero-order valence-corrected chi connectivity index (χ0v) is 13.8. The maximum Gasteiger partial charge on any atom is 0.178 e. The fourth-order valence-corrected chi connectivity index (χ4v) is 3.06. The first-order valence-corrected chi connectivity index (χ1v) is 8.35. The fourth-order valence-electron chi connectivity index (χ4n) is 3.06. The summed E-state index contributed by atoms with van der Waals surface area (Å²) in [7, 11) is 0. The molecule has 3 heterocycles. The number of aromatic amines is 1. The highest BCUT2D eigenvalue weighted by molar-refractivity contribution is 5.89. The smallest absolute Gasteiger partial charge is 0.178 e. The molecule has 5 rings (SSSR count). The summed E-state index contributed by atoms with van der Waals surface area (Å²) in [5.41, 5.74) is 5.45. The van der Waals surface area contributed by atoms with Crippen LogP contribution >= 0.6 is 0 Å². The number of rotatable bonds is 4. The third-order valence-electron chi connectivity index (χ3n) is 4.34. The molecule has 0 aliphatic heterocycles. The lowest BCUT2D eigenvalue weighted by Crippen LogP contribution is -1.92. The van der Waals surface area contributed by atoms with Crippen molar-refractivity contribution in [3.05, 3.63) is 78.1 Å². The maximum absolute atomic E-state index is 5.53. The molecule has 0 bridgehead atoms. The van der Waals surface area contributed by atoms with E-state index in [0.717, 1.165) is 39.8 Å². The van der Waals surface area contributed by atoms with E-state index < -0.39 is 0 Å². The molecule has 5 aromatic rings. The van der Waals surface area contributed by atoms with Crippen LogP contribution in [0.3, 0.4) is 0 Å². The maximum atomic E-state index is 5.53. The number of benzene rings is 2. The monoisotopic (exact) mass is 341 g/mol. The van der Waals surface area contributed by atoms with Gasteiger partial charge in [-0.1, -0.05) is 35.5 Å². The van der Waals surface area contributed by atoms with Crippen LogP contribution in [0.25, 0.3) is 22.0 Å². The molecule has 0 saturated heterocycles. The van der Waals surface area contributed by atoms with E-state index in [4.69, 9.17) is 4.52 Å². The topological polar surface area (TPSA) is 79.6 Å². The van der Waals surface area contributed by atoms with E-state index in [2.05, 4.69) is 37.8 Å². The summed E-state index contributed by atoms with van der Waals surface area (Å²) in [5.74, 6) is 0.684. The lowest BCUT2D eigenvalue weighted by molar-refractivity contribution is 0.448. The molecule has 0 spiro atoms. The summed E-state index contributed by atoms with van der Waals surface area (Å²) in [6.45, 7) is 0. The molecule has 0 fully saturated rings.